The van der Waals surface area contributed by atoms with Crippen LogP contribution in [0.5, 0.6) is 0 Å². The Hall–Kier alpha value is -1.22. The summed E-state index contributed by atoms with van der Waals surface area (Å²) in [6.45, 7) is 0.255. The van der Waals surface area contributed by atoms with Crippen LogP contribution in [0, 0.1) is 13.7 Å². The van der Waals surface area contributed by atoms with Crippen molar-refractivity contribution in [1.29, 1.82) is 0 Å². The van der Waals surface area contributed by atoms with Gasteiger partial charge in [-0.15, -0.1) is 0 Å². The SMILES string of the molecule is CN(CC1(O)CCCC1)C(=O)c1cc([N+](=O)[O-])ccc1I. The van der Waals surface area contributed by atoms with Gasteiger partial charge in [-0.3, -0.25) is 14.9 Å². The molecule has 1 saturated carbocycles. The highest BCUT2D eigenvalue weighted by molar-refractivity contribution is 14.1. The summed E-state index contributed by atoms with van der Waals surface area (Å²) in [5.41, 5.74) is -0.628. The number of hydrogen-bond acceptors (Lipinski definition) is 4. The fraction of sp³-hybridized carbons (Fsp3) is 0.500. The van der Waals surface area contributed by atoms with Gasteiger partial charge in [-0.1, -0.05) is 12.8 Å². The largest absolute Gasteiger partial charge is 0.388 e. The van der Waals surface area contributed by atoms with E-state index in [1.54, 1.807) is 13.1 Å². The number of halogens is 1. The third kappa shape index (κ3) is 3.70. The molecular weight excluding hydrogens is 387 g/mol. The molecule has 6 nitrogen and oxygen atoms in total. The molecule has 21 heavy (non-hydrogen) atoms. The molecule has 1 N–H and O–H groups in total. The molecule has 0 bridgehead atoms. The summed E-state index contributed by atoms with van der Waals surface area (Å²) in [7, 11) is 1.62. The van der Waals surface area contributed by atoms with Crippen LogP contribution >= 0.6 is 22.6 Å². The molecule has 2 rings (SSSR count). The summed E-state index contributed by atoms with van der Waals surface area (Å²) in [6.07, 6.45) is 3.31. The summed E-state index contributed by atoms with van der Waals surface area (Å²) in [5.74, 6) is -0.302. The van der Waals surface area contributed by atoms with Crippen molar-refractivity contribution in [2.75, 3.05) is 13.6 Å². The maximum absolute atomic E-state index is 12.5. The molecule has 0 aliphatic heterocycles. The molecule has 1 aliphatic rings. The lowest BCUT2D eigenvalue weighted by Gasteiger charge is -2.28. The van der Waals surface area contributed by atoms with E-state index in [2.05, 4.69) is 0 Å². The number of aliphatic hydroxyl groups is 1. The van der Waals surface area contributed by atoms with Crippen LogP contribution in [0.3, 0.4) is 0 Å². The monoisotopic (exact) mass is 404 g/mol. The van der Waals surface area contributed by atoms with Crippen molar-refractivity contribution in [1.82, 2.24) is 4.90 Å². The molecule has 1 aliphatic carbocycles. The molecule has 0 radical (unpaired) electrons. The van der Waals surface area contributed by atoms with Crippen LogP contribution in [0.15, 0.2) is 18.2 Å². The number of rotatable bonds is 4. The molecule has 0 saturated heterocycles. The molecule has 0 heterocycles. The number of likely N-dealkylation sites (N-methyl/N-ethyl adjacent to an activating group) is 1. The zero-order valence-corrected chi connectivity index (χ0v) is 13.9. The average Bonchev–Trinajstić information content (AvgIpc) is 2.84. The Morgan fingerprint density at radius 3 is 2.67 bits per heavy atom. The van der Waals surface area contributed by atoms with Crippen molar-refractivity contribution in [3.05, 3.63) is 37.4 Å². The van der Waals surface area contributed by atoms with Crippen LogP contribution in [-0.2, 0) is 0 Å². The fourth-order valence-corrected chi connectivity index (χ4v) is 3.27. The number of benzene rings is 1. The predicted octanol–water partition coefficient (Wildman–Crippen LogP) is 2.58. The van der Waals surface area contributed by atoms with E-state index in [9.17, 15) is 20.0 Å². The first-order valence-electron chi connectivity index (χ1n) is 6.74. The number of nitrogens with zero attached hydrogens (tertiary/aromatic N) is 2. The van der Waals surface area contributed by atoms with Gasteiger partial charge in [-0.2, -0.15) is 0 Å². The van der Waals surface area contributed by atoms with E-state index in [0.717, 1.165) is 12.8 Å². The second-order valence-corrected chi connectivity index (χ2v) is 6.68. The highest BCUT2D eigenvalue weighted by atomic mass is 127. The van der Waals surface area contributed by atoms with Crippen molar-refractivity contribution >= 4 is 34.2 Å². The van der Waals surface area contributed by atoms with Crippen molar-refractivity contribution in [2.45, 2.75) is 31.3 Å². The van der Waals surface area contributed by atoms with E-state index in [4.69, 9.17) is 0 Å². The Morgan fingerprint density at radius 2 is 2.10 bits per heavy atom. The Labute approximate surface area is 136 Å². The number of carbonyl (C=O) groups excluding carboxylic acids is 1. The lowest BCUT2D eigenvalue weighted by Crippen LogP contribution is -2.42. The van der Waals surface area contributed by atoms with Gasteiger partial charge in [-0.25, -0.2) is 0 Å². The first-order chi connectivity index (χ1) is 9.82. The van der Waals surface area contributed by atoms with Gasteiger partial charge in [0.05, 0.1) is 16.1 Å². The van der Waals surface area contributed by atoms with Crippen molar-refractivity contribution in [3.63, 3.8) is 0 Å². The van der Waals surface area contributed by atoms with Crippen LogP contribution < -0.4 is 0 Å². The molecule has 1 aromatic carbocycles. The second kappa shape index (κ2) is 6.27. The normalized spacial score (nSPS) is 16.7. The maximum atomic E-state index is 12.5. The van der Waals surface area contributed by atoms with Gasteiger partial charge >= 0.3 is 0 Å². The van der Waals surface area contributed by atoms with Gasteiger partial charge in [-0.05, 0) is 41.5 Å². The van der Waals surface area contributed by atoms with Gasteiger partial charge in [0.1, 0.15) is 0 Å². The smallest absolute Gasteiger partial charge is 0.270 e. The van der Waals surface area contributed by atoms with Crippen molar-refractivity contribution < 1.29 is 14.8 Å². The molecule has 1 amide bonds. The van der Waals surface area contributed by atoms with Crippen LogP contribution in [0.1, 0.15) is 36.0 Å². The molecule has 0 atom stereocenters. The van der Waals surface area contributed by atoms with Gasteiger partial charge < -0.3 is 10.0 Å². The molecular formula is C14H17IN2O4. The van der Waals surface area contributed by atoms with E-state index in [-0.39, 0.29) is 18.1 Å². The summed E-state index contributed by atoms with van der Waals surface area (Å²) in [4.78, 5) is 24.2. The first kappa shape index (κ1) is 16.2. The average molecular weight is 404 g/mol. The van der Waals surface area contributed by atoms with E-state index >= 15 is 0 Å². The zero-order chi connectivity index (χ0) is 15.6. The minimum atomic E-state index is -0.823. The van der Waals surface area contributed by atoms with Crippen molar-refractivity contribution in [2.24, 2.45) is 0 Å². The third-order valence-electron chi connectivity index (χ3n) is 3.80. The number of non-ortho nitro benzene ring substituents is 1. The van der Waals surface area contributed by atoms with Crippen molar-refractivity contribution in [3.8, 4) is 0 Å². The van der Waals surface area contributed by atoms with Gasteiger partial charge in [0.2, 0.25) is 0 Å². The Kier molecular flexibility index (Phi) is 4.82. The lowest BCUT2D eigenvalue weighted by atomic mass is 10.0. The summed E-state index contributed by atoms with van der Waals surface area (Å²) in [5, 5.41) is 21.2. The molecule has 7 heteroatoms. The van der Waals surface area contributed by atoms with E-state index in [1.165, 1.54) is 17.0 Å². The zero-order valence-electron chi connectivity index (χ0n) is 11.7. The number of amides is 1. The Balaban J connectivity index is 2.18. The number of nitro groups is 1. The van der Waals surface area contributed by atoms with Gasteiger partial charge in [0, 0.05) is 29.3 Å². The summed E-state index contributed by atoms with van der Waals surface area (Å²) < 4.78 is 0.661. The summed E-state index contributed by atoms with van der Waals surface area (Å²) in [6, 6.07) is 4.23. The standard InChI is InChI=1S/C14H17IN2O4/c1-16(9-14(19)6-2-3-7-14)13(18)11-8-10(17(20)21)4-5-12(11)15/h4-5,8,19H,2-3,6-7,9H2,1H3. The van der Waals surface area contributed by atoms with Gasteiger partial charge in [0.15, 0.2) is 0 Å². The first-order valence-corrected chi connectivity index (χ1v) is 7.82. The van der Waals surface area contributed by atoms with Crippen LogP contribution in [0.2, 0.25) is 0 Å². The third-order valence-corrected chi connectivity index (χ3v) is 4.74. The Morgan fingerprint density at radius 1 is 1.48 bits per heavy atom. The van der Waals surface area contributed by atoms with Crippen LogP contribution in [-0.4, -0.2) is 40.0 Å². The number of nitro benzene ring substituents is 1. The minimum absolute atomic E-state index is 0.105. The number of hydrogen-bond donors (Lipinski definition) is 1. The molecule has 0 aromatic heterocycles. The molecule has 1 aromatic rings. The highest BCUT2D eigenvalue weighted by Crippen LogP contribution is 2.30. The molecule has 1 fully saturated rings. The van der Waals surface area contributed by atoms with Crippen LogP contribution in [0.4, 0.5) is 5.69 Å². The minimum Gasteiger partial charge on any atom is -0.388 e. The van der Waals surface area contributed by atoms with E-state index < -0.39 is 10.5 Å². The predicted molar refractivity (Wildman–Crippen MR) is 86.2 cm³/mol. The number of carbonyl (C=O) groups is 1. The molecule has 0 spiro atoms. The highest BCUT2D eigenvalue weighted by Gasteiger charge is 2.34. The van der Waals surface area contributed by atoms with E-state index in [0.29, 0.717) is 22.0 Å². The maximum Gasteiger partial charge on any atom is 0.270 e. The molecule has 114 valence electrons. The van der Waals surface area contributed by atoms with Crippen LogP contribution in [0.25, 0.3) is 0 Å². The summed E-state index contributed by atoms with van der Waals surface area (Å²) >= 11 is 1.98. The topological polar surface area (TPSA) is 83.7 Å². The second-order valence-electron chi connectivity index (χ2n) is 5.51. The fourth-order valence-electron chi connectivity index (χ4n) is 2.70. The molecule has 0 unspecified atom stereocenters. The Bertz CT molecular complexity index is 570. The quantitative estimate of drug-likeness (QED) is 0.475. The van der Waals surface area contributed by atoms with Gasteiger partial charge in [0.25, 0.3) is 11.6 Å². The van der Waals surface area contributed by atoms with E-state index in [1.807, 2.05) is 22.6 Å². The lowest BCUT2D eigenvalue weighted by molar-refractivity contribution is -0.384.